The molecule has 22 heavy (non-hydrogen) atoms. The number of hydrogen-bond acceptors (Lipinski definition) is 5. The number of halogens is 1. The van der Waals surface area contributed by atoms with E-state index in [9.17, 15) is 12.8 Å². The van der Waals surface area contributed by atoms with Crippen molar-refractivity contribution in [3.63, 3.8) is 0 Å². The normalized spacial score (nSPS) is 11.5. The van der Waals surface area contributed by atoms with E-state index in [1.165, 1.54) is 35.6 Å². The molecule has 0 aliphatic rings. The molecule has 0 saturated carbocycles. The van der Waals surface area contributed by atoms with E-state index in [1.54, 1.807) is 0 Å². The number of aryl methyl sites for hydroxylation is 1. The molecule has 0 bridgehead atoms. The van der Waals surface area contributed by atoms with E-state index in [4.69, 9.17) is 4.74 Å². The molecule has 8 heteroatoms. The summed E-state index contributed by atoms with van der Waals surface area (Å²) < 4.78 is 44.1. The number of hydrogen-bond donors (Lipinski definition) is 1. The lowest BCUT2D eigenvalue weighted by Gasteiger charge is -2.08. The number of ether oxygens (including phenoxy) is 1. The van der Waals surface area contributed by atoms with Crippen molar-refractivity contribution in [2.75, 3.05) is 18.9 Å². The fraction of sp³-hybridized carbons (Fsp3) is 0.357. The van der Waals surface area contributed by atoms with Crippen molar-refractivity contribution in [1.82, 2.24) is 9.71 Å². The summed E-state index contributed by atoms with van der Waals surface area (Å²) in [6, 6.07) is 5.44. The minimum absolute atomic E-state index is 0.0107. The third-order valence-electron chi connectivity index (χ3n) is 2.80. The summed E-state index contributed by atoms with van der Waals surface area (Å²) in [6.45, 7) is 2.23. The zero-order chi connectivity index (χ0) is 16.0. The van der Waals surface area contributed by atoms with Gasteiger partial charge in [0.25, 0.3) is 0 Å². The first kappa shape index (κ1) is 16.9. The molecule has 0 aliphatic heterocycles. The summed E-state index contributed by atoms with van der Waals surface area (Å²) >= 11 is 1.54. The molecule has 1 heterocycles. The maximum atomic E-state index is 12.7. The zero-order valence-corrected chi connectivity index (χ0v) is 13.7. The Morgan fingerprint density at radius 1 is 1.32 bits per heavy atom. The van der Waals surface area contributed by atoms with Crippen LogP contribution in [0.25, 0.3) is 0 Å². The molecule has 1 aromatic heterocycles. The molecule has 5 nitrogen and oxygen atoms in total. The molecule has 0 saturated heterocycles. The van der Waals surface area contributed by atoms with Gasteiger partial charge in [0, 0.05) is 18.3 Å². The van der Waals surface area contributed by atoms with Crippen LogP contribution in [0.2, 0.25) is 0 Å². The number of nitrogens with one attached hydrogen (secondary N) is 1. The molecule has 0 spiro atoms. The monoisotopic (exact) mass is 344 g/mol. The van der Waals surface area contributed by atoms with Crippen LogP contribution in [0.4, 0.5) is 4.39 Å². The van der Waals surface area contributed by atoms with Crippen molar-refractivity contribution < 1.29 is 17.5 Å². The van der Waals surface area contributed by atoms with Crippen LogP contribution in [0, 0.1) is 12.7 Å². The quantitative estimate of drug-likeness (QED) is 0.796. The van der Waals surface area contributed by atoms with Gasteiger partial charge in [-0.1, -0.05) is 0 Å². The van der Waals surface area contributed by atoms with Crippen molar-refractivity contribution in [2.24, 2.45) is 0 Å². The molecule has 0 amide bonds. The zero-order valence-electron chi connectivity index (χ0n) is 12.1. The number of thiazole rings is 1. The van der Waals surface area contributed by atoms with Crippen molar-refractivity contribution in [2.45, 2.75) is 13.3 Å². The Balaban J connectivity index is 1.70. The molecule has 2 aromatic rings. The van der Waals surface area contributed by atoms with Crippen LogP contribution in [0.5, 0.6) is 5.75 Å². The van der Waals surface area contributed by atoms with Crippen LogP contribution >= 0.6 is 11.3 Å². The number of benzene rings is 1. The number of nitrogens with zero attached hydrogens (tertiary/aromatic N) is 1. The smallest absolute Gasteiger partial charge is 0.214 e. The van der Waals surface area contributed by atoms with Crippen LogP contribution in [-0.4, -0.2) is 32.3 Å². The highest BCUT2D eigenvalue weighted by molar-refractivity contribution is 7.89. The predicted molar refractivity (Wildman–Crippen MR) is 84.2 cm³/mol. The van der Waals surface area contributed by atoms with Gasteiger partial charge >= 0.3 is 0 Å². The molecule has 0 atom stereocenters. The topological polar surface area (TPSA) is 68.3 Å². The minimum Gasteiger partial charge on any atom is -0.492 e. The highest BCUT2D eigenvalue weighted by atomic mass is 32.2. The van der Waals surface area contributed by atoms with Crippen LogP contribution in [0.1, 0.15) is 10.7 Å². The standard InChI is InChI=1S/C14H17FN2O3S2/c1-11-17-13(10-21-11)6-7-16-22(18,19)9-8-20-14-4-2-12(15)3-5-14/h2-5,10,16H,6-9H2,1H3. The maximum absolute atomic E-state index is 12.7. The Kier molecular flexibility index (Phi) is 5.87. The summed E-state index contributed by atoms with van der Waals surface area (Å²) in [5, 5.41) is 2.88. The van der Waals surface area contributed by atoms with Gasteiger partial charge in [0.15, 0.2) is 0 Å². The molecular weight excluding hydrogens is 327 g/mol. The fourth-order valence-electron chi connectivity index (χ4n) is 1.73. The van der Waals surface area contributed by atoms with Crippen LogP contribution < -0.4 is 9.46 Å². The van der Waals surface area contributed by atoms with E-state index in [0.717, 1.165) is 10.7 Å². The summed E-state index contributed by atoms with van der Waals surface area (Å²) in [4.78, 5) is 4.27. The Morgan fingerprint density at radius 3 is 2.68 bits per heavy atom. The summed E-state index contributed by atoms with van der Waals surface area (Å²) in [6.07, 6.45) is 0.558. The average Bonchev–Trinajstić information content (AvgIpc) is 2.86. The second-order valence-electron chi connectivity index (χ2n) is 4.62. The van der Waals surface area contributed by atoms with Gasteiger partial charge in [-0.05, 0) is 31.2 Å². The van der Waals surface area contributed by atoms with Gasteiger partial charge in [0.05, 0.1) is 16.5 Å². The number of rotatable bonds is 8. The SMILES string of the molecule is Cc1nc(CCNS(=O)(=O)CCOc2ccc(F)cc2)cs1. The summed E-state index contributed by atoms with van der Waals surface area (Å²) in [5.74, 6) is -0.0750. The molecule has 1 N–H and O–H groups in total. The van der Waals surface area contributed by atoms with E-state index in [-0.39, 0.29) is 18.2 Å². The second kappa shape index (κ2) is 7.66. The van der Waals surface area contributed by atoms with Crippen molar-refractivity contribution in [1.29, 1.82) is 0 Å². The van der Waals surface area contributed by atoms with Gasteiger partial charge in [-0.2, -0.15) is 0 Å². The lowest BCUT2D eigenvalue weighted by molar-refractivity contribution is 0.339. The molecule has 2 rings (SSSR count). The van der Waals surface area contributed by atoms with Crippen molar-refractivity contribution in [3.05, 3.63) is 46.2 Å². The molecule has 1 aromatic carbocycles. The van der Waals surface area contributed by atoms with Gasteiger partial charge in [-0.25, -0.2) is 22.5 Å². The Bertz CT molecular complexity index is 699. The molecule has 0 aliphatic carbocycles. The van der Waals surface area contributed by atoms with Gasteiger partial charge in [-0.3, -0.25) is 0 Å². The third kappa shape index (κ3) is 5.70. The van der Waals surface area contributed by atoms with E-state index in [1.807, 2.05) is 12.3 Å². The third-order valence-corrected chi connectivity index (χ3v) is 4.97. The molecule has 120 valence electrons. The Hall–Kier alpha value is -1.51. The molecule has 0 fully saturated rings. The van der Waals surface area contributed by atoms with Crippen molar-refractivity contribution >= 4 is 21.4 Å². The predicted octanol–water partition coefficient (Wildman–Crippen LogP) is 2.13. The van der Waals surface area contributed by atoms with Crippen molar-refractivity contribution in [3.8, 4) is 5.75 Å². The van der Waals surface area contributed by atoms with Gasteiger partial charge < -0.3 is 4.74 Å². The highest BCUT2D eigenvalue weighted by Crippen LogP contribution is 2.11. The average molecular weight is 344 g/mol. The van der Waals surface area contributed by atoms with Gasteiger partial charge in [0.2, 0.25) is 10.0 Å². The minimum atomic E-state index is -3.40. The molecule has 0 radical (unpaired) electrons. The lowest BCUT2D eigenvalue weighted by Crippen LogP contribution is -2.30. The lowest BCUT2D eigenvalue weighted by atomic mass is 10.3. The first-order chi connectivity index (χ1) is 10.4. The van der Waals surface area contributed by atoms with E-state index < -0.39 is 10.0 Å². The maximum Gasteiger partial charge on any atom is 0.214 e. The Labute approximate surface area is 133 Å². The molecular formula is C14H17FN2O3S2. The van der Waals surface area contributed by atoms with Gasteiger partial charge in [-0.15, -0.1) is 11.3 Å². The first-order valence-corrected chi connectivity index (χ1v) is 9.24. The van der Waals surface area contributed by atoms with E-state index in [0.29, 0.717) is 18.7 Å². The van der Waals surface area contributed by atoms with Gasteiger partial charge in [0.1, 0.15) is 18.2 Å². The first-order valence-electron chi connectivity index (χ1n) is 6.71. The fourth-order valence-corrected chi connectivity index (χ4v) is 3.24. The number of aromatic nitrogens is 1. The summed E-state index contributed by atoms with van der Waals surface area (Å²) in [7, 11) is -3.40. The van der Waals surface area contributed by atoms with Crippen LogP contribution in [-0.2, 0) is 16.4 Å². The molecule has 0 unspecified atom stereocenters. The number of sulfonamides is 1. The van der Waals surface area contributed by atoms with Crippen LogP contribution in [0.15, 0.2) is 29.6 Å². The largest absolute Gasteiger partial charge is 0.492 e. The summed E-state index contributed by atoms with van der Waals surface area (Å²) in [5.41, 5.74) is 0.882. The van der Waals surface area contributed by atoms with Crippen LogP contribution in [0.3, 0.4) is 0 Å². The second-order valence-corrected chi connectivity index (χ2v) is 7.61. The van der Waals surface area contributed by atoms with E-state index >= 15 is 0 Å². The Morgan fingerprint density at radius 2 is 2.05 bits per heavy atom. The highest BCUT2D eigenvalue weighted by Gasteiger charge is 2.10. The van der Waals surface area contributed by atoms with E-state index in [2.05, 4.69) is 9.71 Å².